The summed E-state index contributed by atoms with van der Waals surface area (Å²) in [6, 6.07) is 5.73. The van der Waals surface area contributed by atoms with Crippen LogP contribution in [0, 0.1) is 5.92 Å². The van der Waals surface area contributed by atoms with E-state index in [1.165, 1.54) is 12.8 Å². The summed E-state index contributed by atoms with van der Waals surface area (Å²) in [5.41, 5.74) is 0.958. The van der Waals surface area contributed by atoms with E-state index < -0.39 is 0 Å². The van der Waals surface area contributed by atoms with E-state index in [9.17, 15) is 4.79 Å². The number of ketones is 1. The van der Waals surface area contributed by atoms with Gasteiger partial charge >= 0.3 is 0 Å². The Hall–Kier alpha value is -1.52. The summed E-state index contributed by atoms with van der Waals surface area (Å²) in [4.78, 5) is 14.6. The molecule has 1 atom stereocenters. The zero-order valence-corrected chi connectivity index (χ0v) is 15.6. The van der Waals surface area contributed by atoms with Gasteiger partial charge in [0.1, 0.15) is 0 Å². The molecule has 2 rings (SSSR count). The molecule has 4 nitrogen and oxygen atoms in total. The Kier molecular flexibility index (Phi) is 8.87. The molecule has 0 radical (unpaired) electrons. The van der Waals surface area contributed by atoms with Crippen molar-refractivity contribution in [3.63, 3.8) is 0 Å². The highest BCUT2D eigenvalue weighted by Gasteiger charge is 2.17. The lowest BCUT2D eigenvalue weighted by Gasteiger charge is -2.18. The number of ether oxygens (including phenoxy) is 2. The quantitative estimate of drug-likeness (QED) is 0.493. The van der Waals surface area contributed by atoms with E-state index in [0.717, 1.165) is 36.4 Å². The molecule has 134 valence electrons. The number of allylic oxidation sites excluding steroid dienone is 1. The number of rotatable bonds is 9. The molecule has 1 unspecified atom stereocenters. The molecule has 1 aromatic carbocycles. The van der Waals surface area contributed by atoms with Gasteiger partial charge in [-0.1, -0.05) is 38.3 Å². The minimum absolute atomic E-state index is 0. The number of carbonyl (C=O) groups excluding carboxylic acids is 1. The molecule has 0 N–H and O–H groups in total. The fraction of sp³-hybridized carbons (Fsp3) is 0.526. The molecule has 1 heterocycles. The van der Waals surface area contributed by atoms with Crippen LogP contribution in [0.2, 0.25) is 0 Å². The SMILES string of the molecule is CCCCCC(CN(C)C)C(=O)/C=C/c1ccc2c(c1)OCO2.Cl. The first-order chi connectivity index (χ1) is 11.1. The van der Waals surface area contributed by atoms with Crippen LogP contribution in [-0.2, 0) is 4.79 Å². The summed E-state index contributed by atoms with van der Waals surface area (Å²) in [7, 11) is 4.03. The molecule has 1 aliphatic heterocycles. The van der Waals surface area contributed by atoms with Gasteiger partial charge in [0.25, 0.3) is 0 Å². The number of nitrogens with zero attached hydrogens (tertiary/aromatic N) is 1. The largest absolute Gasteiger partial charge is 0.454 e. The van der Waals surface area contributed by atoms with Crippen LogP contribution in [0.3, 0.4) is 0 Å². The summed E-state index contributed by atoms with van der Waals surface area (Å²) in [6.45, 7) is 3.25. The first-order valence-electron chi connectivity index (χ1n) is 8.36. The Morgan fingerprint density at radius 3 is 2.71 bits per heavy atom. The van der Waals surface area contributed by atoms with Crippen LogP contribution in [-0.4, -0.2) is 38.1 Å². The normalized spacial score (nSPS) is 14.0. The lowest BCUT2D eigenvalue weighted by atomic mass is 9.95. The fourth-order valence-corrected chi connectivity index (χ4v) is 2.74. The monoisotopic (exact) mass is 353 g/mol. The molecule has 0 amide bonds. The molecular formula is C19H28ClNO3. The second-order valence-electron chi connectivity index (χ2n) is 6.30. The van der Waals surface area contributed by atoms with E-state index in [1.54, 1.807) is 6.08 Å². The van der Waals surface area contributed by atoms with Crippen molar-refractivity contribution in [2.24, 2.45) is 5.92 Å². The zero-order chi connectivity index (χ0) is 16.7. The van der Waals surface area contributed by atoms with E-state index in [0.29, 0.717) is 0 Å². The highest BCUT2D eigenvalue weighted by atomic mass is 35.5. The smallest absolute Gasteiger partial charge is 0.231 e. The topological polar surface area (TPSA) is 38.8 Å². The standard InChI is InChI=1S/C19H27NO3.ClH/c1-4-5-6-7-16(13-20(2)3)17(21)10-8-15-9-11-18-19(12-15)23-14-22-18;/h8-12,16H,4-7,13-14H2,1-3H3;1H/b10-8+;. The van der Waals surface area contributed by atoms with Gasteiger partial charge in [0.05, 0.1) is 0 Å². The van der Waals surface area contributed by atoms with Crippen molar-refractivity contribution in [3.8, 4) is 11.5 Å². The summed E-state index contributed by atoms with van der Waals surface area (Å²) in [5.74, 6) is 1.78. The van der Waals surface area contributed by atoms with Gasteiger partial charge in [-0.15, -0.1) is 12.4 Å². The molecule has 1 aliphatic rings. The van der Waals surface area contributed by atoms with Gasteiger partial charge in [-0.05, 0) is 44.3 Å². The third-order valence-electron chi connectivity index (χ3n) is 3.98. The lowest BCUT2D eigenvalue weighted by molar-refractivity contribution is -0.118. The predicted octanol–water partition coefficient (Wildman–Crippen LogP) is 4.18. The number of unbranched alkanes of at least 4 members (excludes halogenated alkanes) is 2. The molecule has 0 aromatic heterocycles. The second-order valence-corrected chi connectivity index (χ2v) is 6.30. The van der Waals surface area contributed by atoms with Crippen LogP contribution < -0.4 is 9.47 Å². The third kappa shape index (κ3) is 6.17. The van der Waals surface area contributed by atoms with Crippen molar-refractivity contribution in [1.29, 1.82) is 0 Å². The van der Waals surface area contributed by atoms with Gasteiger partial charge in [-0.25, -0.2) is 0 Å². The molecule has 5 heteroatoms. The summed E-state index contributed by atoms with van der Waals surface area (Å²) < 4.78 is 10.7. The minimum Gasteiger partial charge on any atom is -0.454 e. The number of benzene rings is 1. The molecular weight excluding hydrogens is 326 g/mol. The van der Waals surface area contributed by atoms with Crippen molar-refractivity contribution in [1.82, 2.24) is 4.90 Å². The van der Waals surface area contributed by atoms with Crippen molar-refractivity contribution in [3.05, 3.63) is 29.8 Å². The number of fused-ring (bicyclic) bond motifs is 1. The van der Waals surface area contributed by atoms with Crippen LogP contribution in [0.1, 0.15) is 38.2 Å². The molecule has 0 aliphatic carbocycles. The number of hydrogen-bond acceptors (Lipinski definition) is 4. The lowest BCUT2D eigenvalue weighted by Crippen LogP contribution is -2.27. The predicted molar refractivity (Wildman–Crippen MR) is 100 cm³/mol. The third-order valence-corrected chi connectivity index (χ3v) is 3.98. The van der Waals surface area contributed by atoms with E-state index in [1.807, 2.05) is 38.4 Å². The van der Waals surface area contributed by atoms with Crippen LogP contribution in [0.4, 0.5) is 0 Å². The Morgan fingerprint density at radius 2 is 2.00 bits per heavy atom. The first kappa shape index (κ1) is 20.5. The average molecular weight is 354 g/mol. The second kappa shape index (κ2) is 10.4. The van der Waals surface area contributed by atoms with Crippen molar-refractivity contribution in [2.75, 3.05) is 27.4 Å². The van der Waals surface area contributed by atoms with Gasteiger partial charge in [0, 0.05) is 12.5 Å². The van der Waals surface area contributed by atoms with E-state index in [2.05, 4.69) is 11.8 Å². The van der Waals surface area contributed by atoms with Gasteiger partial charge in [-0.3, -0.25) is 4.79 Å². The molecule has 24 heavy (non-hydrogen) atoms. The molecule has 0 saturated heterocycles. The Morgan fingerprint density at radius 1 is 1.25 bits per heavy atom. The van der Waals surface area contributed by atoms with Gasteiger partial charge in [0.2, 0.25) is 6.79 Å². The molecule has 1 aromatic rings. The number of hydrogen-bond donors (Lipinski definition) is 0. The molecule has 0 saturated carbocycles. The Labute approximate surface area is 151 Å². The van der Waals surface area contributed by atoms with Gasteiger partial charge < -0.3 is 14.4 Å². The molecule has 0 bridgehead atoms. The van der Waals surface area contributed by atoms with Crippen molar-refractivity contribution < 1.29 is 14.3 Å². The van der Waals surface area contributed by atoms with Crippen molar-refractivity contribution in [2.45, 2.75) is 32.6 Å². The maximum Gasteiger partial charge on any atom is 0.231 e. The van der Waals surface area contributed by atoms with Crippen molar-refractivity contribution >= 4 is 24.3 Å². The van der Waals surface area contributed by atoms with E-state index in [4.69, 9.17) is 9.47 Å². The molecule has 0 spiro atoms. The van der Waals surface area contributed by atoms with Crippen LogP contribution >= 0.6 is 12.4 Å². The first-order valence-corrected chi connectivity index (χ1v) is 8.36. The Bertz CT molecular complexity index is 558. The fourth-order valence-electron chi connectivity index (χ4n) is 2.74. The zero-order valence-electron chi connectivity index (χ0n) is 14.8. The number of halogens is 1. The van der Waals surface area contributed by atoms with Gasteiger partial charge in [0.15, 0.2) is 17.3 Å². The van der Waals surface area contributed by atoms with Crippen LogP contribution in [0.25, 0.3) is 6.08 Å². The summed E-state index contributed by atoms with van der Waals surface area (Å²) in [6.07, 6.45) is 8.00. The maximum absolute atomic E-state index is 12.5. The van der Waals surface area contributed by atoms with E-state index >= 15 is 0 Å². The maximum atomic E-state index is 12.5. The average Bonchev–Trinajstić information content (AvgIpc) is 2.99. The summed E-state index contributed by atoms with van der Waals surface area (Å²) >= 11 is 0. The van der Waals surface area contributed by atoms with Gasteiger partial charge in [-0.2, -0.15) is 0 Å². The summed E-state index contributed by atoms with van der Waals surface area (Å²) in [5, 5.41) is 0. The highest BCUT2D eigenvalue weighted by Crippen LogP contribution is 2.32. The van der Waals surface area contributed by atoms with E-state index in [-0.39, 0.29) is 30.9 Å². The molecule has 0 fully saturated rings. The Balaban J connectivity index is 0.00000288. The minimum atomic E-state index is 0. The van der Waals surface area contributed by atoms with Crippen LogP contribution in [0.5, 0.6) is 11.5 Å². The highest BCUT2D eigenvalue weighted by molar-refractivity contribution is 5.95. The number of carbonyl (C=O) groups is 1. The van der Waals surface area contributed by atoms with Crippen LogP contribution in [0.15, 0.2) is 24.3 Å².